The lowest BCUT2D eigenvalue weighted by Crippen LogP contribution is -2.06. The van der Waals surface area contributed by atoms with Crippen molar-refractivity contribution in [3.05, 3.63) is 70.5 Å². The van der Waals surface area contributed by atoms with E-state index in [0.29, 0.717) is 5.56 Å². The van der Waals surface area contributed by atoms with Crippen LogP contribution in [-0.2, 0) is 0 Å². The number of benzene rings is 2. The van der Waals surface area contributed by atoms with Crippen molar-refractivity contribution in [2.45, 2.75) is 6.92 Å². The van der Waals surface area contributed by atoms with E-state index in [1.54, 1.807) is 6.92 Å². The summed E-state index contributed by atoms with van der Waals surface area (Å²) in [5.41, 5.74) is -0.0351. The van der Waals surface area contributed by atoms with E-state index in [-0.39, 0.29) is 5.56 Å². The standard InChI is InChI=1S/C14H9F3O/c1-8-5-6-9(7-12(8)16)14(18)10-3-2-4-11(15)13(10)17/h2-7H,1H3. The summed E-state index contributed by atoms with van der Waals surface area (Å²) in [5.74, 6) is -3.62. The number of halogens is 3. The van der Waals surface area contributed by atoms with Gasteiger partial charge in [-0.05, 0) is 30.7 Å². The summed E-state index contributed by atoms with van der Waals surface area (Å²) >= 11 is 0. The maximum atomic E-state index is 13.4. The fourth-order valence-corrected chi connectivity index (χ4v) is 1.57. The molecule has 0 aliphatic heterocycles. The average molecular weight is 250 g/mol. The first-order chi connectivity index (χ1) is 8.50. The van der Waals surface area contributed by atoms with Gasteiger partial charge in [0.25, 0.3) is 0 Å². The number of carbonyl (C=O) groups is 1. The zero-order valence-electron chi connectivity index (χ0n) is 9.51. The highest BCUT2D eigenvalue weighted by molar-refractivity contribution is 6.09. The van der Waals surface area contributed by atoms with Gasteiger partial charge in [-0.3, -0.25) is 4.79 Å². The molecule has 0 aromatic heterocycles. The van der Waals surface area contributed by atoms with E-state index in [2.05, 4.69) is 0 Å². The minimum Gasteiger partial charge on any atom is -0.288 e. The van der Waals surface area contributed by atoms with Crippen LogP contribution in [0.5, 0.6) is 0 Å². The Balaban J connectivity index is 2.48. The van der Waals surface area contributed by atoms with Crippen LogP contribution in [0.3, 0.4) is 0 Å². The van der Waals surface area contributed by atoms with Gasteiger partial charge in [-0.1, -0.05) is 18.2 Å². The van der Waals surface area contributed by atoms with Crippen LogP contribution in [0.15, 0.2) is 36.4 Å². The molecule has 18 heavy (non-hydrogen) atoms. The maximum absolute atomic E-state index is 13.4. The molecule has 2 aromatic rings. The molecular weight excluding hydrogens is 241 g/mol. The van der Waals surface area contributed by atoms with Crippen LogP contribution in [0, 0.1) is 24.4 Å². The van der Waals surface area contributed by atoms with E-state index in [1.807, 2.05) is 0 Å². The van der Waals surface area contributed by atoms with Crippen LogP contribution < -0.4 is 0 Å². The highest BCUT2D eigenvalue weighted by Gasteiger charge is 2.17. The van der Waals surface area contributed by atoms with Gasteiger partial charge in [0.05, 0.1) is 5.56 Å². The van der Waals surface area contributed by atoms with Crippen molar-refractivity contribution in [1.82, 2.24) is 0 Å². The molecule has 0 radical (unpaired) electrons. The summed E-state index contributed by atoms with van der Waals surface area (Å²) in [7, 11) is 0. The minimum absolute atomic E-state index is 0.0115. The highest BCUT2D eigenvalue weighted by atomic mass is 19.2. The van der Waals surface area contributed by atoms with Gasteiger partial charge >= 0.3 is 0 Å². The van der Waals surface area contributed by atoms with Crippen LogP contribution in [0.1, 0.15) is 21.5 Å². The van der Waals surface area contributed by atoms with Crippen molar-refractivity contribution in [2.75, 3.05) is 0 Å². The Morgan fingerprint density at radius 2 is 1.72 bits per heavy atom. The SMILES string of the molecule is Cc1ccc(C(=O)c2cccc(F)c2F)cc1F. The van der Waals surface area contributed by atoms with Gasteiger partial charge in [0, 0.05) is 5.56 Å². The maximum Gasteiger partial charge on any atom is 0.196 e. The molecule has 0 fully saturated rings. The Labute approximate surface area is 102 Å². The number of aryl methyl sites for hydroxylation is 1. The largest absolute Gasteiger partial charge is 0.288 e. The molecule has 0 spiro atoms. The number of hydrogen-bond acceptors (Lipinski definition) is 1. The van der Waals surface area contributed by atoms with E-state index >= 15 is 0 Å². The first-order valence-electron chi connectivity index (χ1n) is 5.25. The van der Waals surface area contributed by atoms with E-state index in [4.69, 9.17) is 0 Å². The van der Waals surface area contributed by atoms with Crippen molar-refractivity contribution in [1.29, 1.82) is 0 Å². The van der Waals surface area contributed by atoms with Gasteiger partial charge < -0.3 is 0 Å². The number of carbonyl (C=O) groups excluding carboxylic acids is 1. The Morgan fingerprint density at radius 1 is 1.00 bits per heavy atom. The molecule has 0 saturated heterocycles. The minimum atomic E-state index is -1.22. The molecule has 92 valence electrons. The summed E-state index contributed by atoms with van der Waals surface area (Å²) in [6.45, 7) is 1.55. The average Bonchev–Trinajstić information content (AvgIpc) is 2.35. The Morgan fingerprint density at radius 3 is 2.39 bits per heavy atom. The Hall–Kier alpha value is -2.10. The lowest BCUT2D eigenvalue weighted by Gasteiger charge is -2.04. The lowest BCUT2D eigenvalue weighted by molar-refractivity contribution is 0.103. The van der Waals surface area contributed by atoms with Crippen molar-refractivity contribution >= 4 is 5.78 Å². The van der Waals surface area contributed by atoms with Gasteiger partial charge in [0.15, 0.2) is 17.4 Å². The molecule has 0 N–H and O–H groups in total. The zero-order chi connectivity index (χ0) is 13.3. The quantitative estimate of drug-likeness (QED) is 0.743. The van der Waals surface area contributed by atoms with Gasteiger partial charge in [-0.15, -0.1) is 0 Å². The summed E-state index contributed by atoms with van der Waals surface area (Å²) in [4.78, 5) is 11.9. The second kappa shape index (κ2) is 4.64. The highest BCUT2D eigenvalue weighted by Crippen LogP contribution is 2.17. The van der Waals surface area contributed by atoms with Gasteiger partial charge in [0.2, 0.25) is 0 Å². The topological polar surface area (TPSA) is 17.1 Å². The fourth-order valence-electron chi connectivity index (χ4n) is 1.57. The molecule has 0 amide bonds. The summed E-state index contributed by atoms with van der Waals surface area (Å²) in [6, 6.07) is 7.13. The van der Waals surface area contributed by atoms with Crippen molar-refractivity contribution in [3.8, 4) is 0 Å². The summed E-state index contributed by atoms with van der Waals surface area (Å²) in [5, 5.41) is 0. The third kappa shape index (κ3) is 2.14. The molecule has 2 rings (SSSR count). The lowest BCUT2D eigenvalue weighted by atomic mass is 10.0. The predicted molar refractivity (Wildman–Crippen MR) is 60.9 cm³/mol. The van der Waals surface area contributed by atoms with Crippen molar-refractivity contribution in [2.24, 2.45) is 0 Å². The first-order valence-corrected chi connectivity index (χ1v) is 5.25. The molecule has 0 heterocycles. The molecule has 0 aliphatic rings. The number of hydrogen-bond donors (Lipinski definition) is 0. The van der Waals surface area contributed by atoms with Gasteiger partial charge in [-0.2, -0.15) is 0 Å². The van der Waals surface area contributed by atoms with Crippen LogP contribution in [0.2, 0.25) is 0 Å². The van der Waals surface area contributed by atoms with Gasteiger partial charge in [0.1, 0.15) is 5.82 Å². The second-order valence-electron chi connectivity index (χ2n) is 3.89. The molecule has 2 aromatic carbocycles. The normalized spacial score (nSPS) is 10.4. The van der Waals surface area contributed by atoms with Crippen molar-refractivity contribution in [3.63, 3.8) is 0 Å². The Kier molecular flexibility index (Phi) is 3.19. The number of ketones is 1. The Bertz CT molecular complexity index is 620. The van der Waals surface area contributed by atoms with E-state index in [9.17, 15) is 18.0 Å². The predicted octanol–water partition coefficient (Wildman–Crippen LogP) is 3.64. The molecule has 0 unspecified atom stereocenters. The van der Waals surface area contributed by atoms with E-state index in [0.717, 1.165) is 12.1 Å². The molecule has 4 heteroatoms. The second-order valence-corrected chi connectivity index (χ2v) is 3.89. The number of rotatable bonds is 2. The first kappa shape index (κ1) is 12.4. The zero-order valence-corrected chi connectivity index (χ0v) is 9.51. The molecule has 0 bridgehead atoms. The summed E-state index contributed by atoms with van der Waals surface area (Å²) in [6.07, 6.45) is 0. The molecule has 0 atom stereocenters. The third-order valence-electron chi connectivity index (χ3n) is 2.63. The smallest absolute Gasteiger partial charge is 0.196 e. The fraction of sp³-hybridized carbons (Fsp3) is 0.0714. The molecule has 0 aliphatic carbocycles. The van der Waals surface area contributed by atoms with Crippen molar-refractivity contribution < 1.29 is 18.0 Å². The summed E-state index contributed by atoms with van der Waals surface area (Å²) < 4.78 is 39.7. The van der Waals surface area contributed by atoms with E-state index in [1.165, 1.54) is 24.3 Å². The monoisotopic (exact) mass is 250 g/mol. The molecule has 0 saturated carbocycles. The van der Waals surface area contributed by atoms with Crippen LogP contribution in [0.4, 0.5) is 13.2 Å². The molecular formula is C14H9F3O. The molecule has 1 nitrogen and oxygen atoms in total. The van der Waals surface area contributed by atoms with Gasteiger partial charge in [-0.25, -0.2) is 13.2 Å². The van der Waals surface area contributed by atoms with Crippen LogP contribution in [0.25, 0.3) is 0 Å². The third-order valence-corrected chi connectivity index (χ3v) is 2.63. The van der Waals surface area contributed by atoms with Crippen LogP contribution >= 0.6 is 0 Å². The van der Waals surface area contributed by atoms with Crippen LogP contribution in [-0.4, -0.2) is 5.78 Å². The van der Waals surface area contributed by atoms with E-state index < -0.39 is 28.8 Å².